The van der Waals surface area contributed by atoms with Crippen molar-refractivity contribution in [2.45, 2.75) is 51.0 Å². The predicted molar refractivity (Wildman–Crippen MR) is 99.3 cm³/mol. The van der Waals surface area contributed by atoms with E-state index in [2.05, 4.69) is 21.0 Å². The molecule has 0 saturated heterocycles. The van der Waals surface area contributed by atoms with Crippen molar-refractivity contribution in [1.29, 1.82) is 0 Å². The maximum atomic E-state index is 10.7. The highest BCUT2D eigenvalue weighted by Gasteiger charge is 2.17. The molecule has 1 fully saturated rings. The van der Waals surface area contributed by atoms with Crippen LogP contribution in [0.5, 0.6) is 0 Å². The Bertz CT molecular complexity index is 819. The van der Waals surface area contributed by atoms with Gasteiger partial charge in [0, 0.05) is 40.8 Å². The molecule has 1 aliphatic rings. The Morgan fingerprint density at radius 3 is 2.80 bits per heavy atom. The summed E-state index contributed by atoms with van der Waals surface area (Å²) < 4.78 is 0. The van der Waals surface area contributed by atoms with Crippen molar-refractivity contribution < 1.29 is 5.11 Å². The first-order chi connectivity index (χ1) is 12.3. The van der Waals surface area contributed by atoms with Crippen molar-refractivity contribution >= 4 is 11.0 Å². The van der Waals surface area contributed by atoms with E-state index in [1.165, 1.54) is 38.5 Å². The molecule has 0 amide bonds. The van der Waals surface area contributed by atoms with E-state index in [1.54, 1.807) is 6.20 Å². The van der Waals surface area contributed by atoms with Gasteiger partial charge < -0.3 is 10.1 Å². The summed E-state index contributed by atoms with van der Waals surface area (Å²) in [4.78, 5) is 12.0. The smallest absolute Gasteiger partial charge is 0.137 e. The topological polar surface area (TPSA) is 61.8 Å². The Morgan fingerprint density at radius 1 is 1.12 bits per heavy atom. The maximum Gasteiger partial charge on any atom is 0.137 e. The minimum Gasteiger partial charge on any atom is -0.384 e. The van der Waals surface area contributed by atoms with Crippen LogP contribution in [-0.2, 0) is 6.42 Å². The summed E-state index contributed by atoms with van der Waals surface area (Å²) in [6, 6.07) is 7.93. The zero-order valence-electron chi connectivity index (χ0n) is 14.5. The Kier molecular flexibility index (Phi) is 4.79. The maximum absolute atomic E-state index is 10.7. The van der Waals surface area contributed by atoms with Crippen LogP contribution in [-0.4, -0.2) is 20.1 Å². The molecular formula is C21H25N3O. The Morgan fingerprint density at radius 2 is 2.00 bits per heavy atom. The molecule has 0 bridgehead atoms. The van der Waals surface area contributed by atoms with Crippen LogP contribution in [0.25, 0.3) is 11.0 Å². The molecule has 4 rings (SSSR count). The number of rotatable bonds is 5. The lowest BCUT2D eigenvalue weighted by Gasteiger charge is -2.21. The minimum absolute atomic E-state index is 0.683. The summed E-state index contributed by atoms with van der Waals surface area (Å²) in [5, 5.41) is 11.7. The van der Waals surface area contributed by atoms with Gasteiger partial charge in [0.15, 0.2) is 0 Å². The number of aryl methyl sites for hydroxylation is 1. The quantitative estimate of drug-likeness (QED) is 0.719. The number of aromatic amines is 1. The number of aliphatic hydroxyl groups is 1. The third kappa shape index (κ3) is 3.59. The van der Waals surface area contributed by atoms with Gasteiger partial charge >= 0.3 is 0 Å². The molecule has 3 aromatic rings. The lowest BCUT2D eigenvalue weighted by molar-refractivity contribution is 0.221. The molecule has 2 N–H and O–H groups in total. The molecule has 0 aromatic carbocycles. The van der Waals surface area contributed by atoms with E-state index in [0.717, 1.165) is 40.2 Å². The minimum atomic E-state index is -0.683. The fourth-order valence-electron chi connectivity index (χ4n) is 3.96. The molecule has 0 spiro atoms. The highest BCUT2D eigenvalue weighted by Crippen LogP contribution is 2.29. The van der Waals surface area contributed by atoms with Crippen molar-refractivity contribution in [2.75, 3.05) is 0 Å². The average Bonchev–Trinajstić information content (AvgIpc) is 3.11. The number of hydrogen-bond donors (Lipinski definition) is 2. The van der Waals surface area contributed by atoms with Crippen LogP contribution in [0.4, 0.5) is 0 Å². The monoisotopic (exact) mass is 335 g/mol. The second-order valence-corrected chi connectivity index (χ2v) is 7.17. The first-order valence-electron chi connectivity index (χ1n) is 9.36. The number of H-pyrrole nitrogens is 1. The molecule has 25 heavy (non-hydrogen) atoms. The second kappa shape index (κ2) is 7.36. The molecule has 4 nitrogen and oxygen atoms in total. The summed E-state index contributed by atoms with van der Waals surface area (Å²) in [6.07, 6.45) is 13.9. The zero-order chi connectivity index (χ0) is 17.1. The van der Waals surface area contributed by atoms with Crippen LogP contribution in [0, 0.1) is 5.92 Å². The molecule has 1 unspecified atom stereocenters. The van der Waals surface area contributed by atoms with Gasteiger partial charge in [-0.25, -0.2) is 4.98 Å². The van der Waals surface area contributed by atoms with Gasteiger partial charge in [0.05, 0.1) is 0 Å². The third-order valence-electron chi connectivity index (χ3n) is 5.47. The van der Waals surface area contributed by atoms with Crippen molar-refractivity contribution in [3.8, 4) is 0 Å². The number of nitrogens with zero attached hydrogens (tertiary/aromatic N) is 2. The highest BCUT2D eigenvalue weighted by molar-refractivity contribution is 5.80. The van der Waals surface area contributed by atoms with Crippen molar-refractivity contribution in [2.24, 2.45) is 5.92 Å². The number of hydrogen-bond acceptors (Lipinski definition) is 3. The van der Waals surface area contributed by atoms with Crippen LogP contribution >= 0.6 is 0 Å². The summed E-state index contributed by atoms with van der Waals surface area (Å²) in [6.45, 7) is 0. The first-order valence-corrected chi connectivity index (χ1v) is 9.36. The van der Waals surface area contributed by atoms with Crippen LogP contribution in [0.2, 0.25) is 0 Å². The van der Waals surface area contributed by atoms with Gasteiger partial charge in [-0.3, -0.25) is 4.98 Å². The second-order valence-electron chi connectivity index (χ2n) is 7.17. The van der Waals surface area contributed by atoms with E-state index in [-0.39, 0.29) is 0 Å². The number of pyridine rings is 2. The van der Waals surface area contributed by atoms with E-state index in [0.29, 0.717) is 0 Å². The van der Waals surface area contributed by atoms with E-state index >= 15 is 0 Å². The first kappa shape index (κ1) is 16.3. The van der Waals surface area contributed by atoms with E-state index < -0.39 is 6.10 Å². The fraction of sp³-hybridized carbons (Fsp3) is 0.429. The molecule has 1 atom stereocenters. The van der Waals surface area contributed by atoms with Crippen LogP contribution in [0.3, 0.4) is 0 Å². The standard InChI is InChI=1S/C21H25N3O/c25-20(19-14-24-21-18(19)7-4-12-22-21)16-9-11-17(23-13-16)10-8-15-5-2-1-3-6-15/h4,7,9,11-15,20,25H,1-3,5-6,8,10H2,(H,22,24). The van der Waals surface area contributed by atoms with E-state index in [4.69, 9.17) is 0 Å². The van der Waals surface area contributed by atoms with Gasteiger partial charge in [-0.2, -0.15) is 0 Å². The molecule has 3 heterocycles. The van der Waals surface area contributed by atoms with Crippen LogP contribution in [0.1, 0.15) is 61.4 Å². The van der Waals surface area contributed by atoms with Crippen molar-refractivity contribution in [3.05, 3.63) is 59.7 Å². The van der Waals surface area contributed by atoms with Gasteiger partial charge in [0.25, 0.3) is 0 Å². The Balaban J connectivity index is 1.44. The average molecular weight is 335 g/mol. The van der Waals surface area contributed by atoms with Crippen molar-refractivity contribution in [1.82, 2.24) is 15.0 Å². The molecule has 130 valence electrons. The predicted octanol–water partition coefficient (Wildman–Crippen LogP) is 4.55. The Labute approximate surface area is 148 Å². The normalized spacial score (nSPS) is 17.0. The number of nitrogens with one attached hydrogen (secondary N) is 1. The lowest BCUT2D eigenvalue weighted by Crippen LogP contribution is -2.08. The highest BCUT2D eigenvalue weighted by atomic mass is 16.3. The summed E-state index contributed by atoms with van der Waals surface area (Å²) in [5.74, 6) is 0.875. The molecule has 1 aliphatic carbocycles. The SMILES string of the molecule is OC(c1ccc(CCC2CCCCC2)nc1)c1c[nH]c2ncccc12. The van der Waals surface area contributed by atoms with E-state index in [1.807, 2.05) is 30.6 Å². The summed E-state index contributed by atoms with van der Waals surface area (Å²) in [5.41, 5.74) is 3.60. The van der Waals surface area contributed by atoms with Gasteiger partial charge in [0.2, 0.25) is 0 Å². The van der Waals surface area contributed by atoms with Gasteiger partial charge in [0.1, 0.15) is 11.8 Å². The molecule has 3 aromatic heterocycles. The Hall–Kier alpha value is -2.20. The third-order valence-corrected chi connectivity index (χ3v) is 5.47. The summed E-state index contributed by atoms with van der Waals surface area (Å²) >= 11 is 0. The summed E-state index contributed by atoms with van der Waals surface area (Å²) in [7, 11) is 0. The number of aliphatic hydroxyl groups excluding tert-OH is 1. The molecule has 1 saturated carbocycles. The molecule has 0 aliphatic heterocycles. The van der Waals surface area contributed by atoms with E-state index in [9.17, 15) is 5.11 Å². The molecule has 4 heteroatoms. The van der Waals surface area contributed by atoms with Gasteiger partial charge in [-0.1, -0.05) is 38.2 Å². The van der Waals surface area contributed by atoms with Crippen LogP contribution < -0.4 is 0 Å². The van der Waals surface area contributed by atoms with Crippen LogP contribution in [0.15, 0.2) is 42.9 Å². The van der Waals surface area contributed by atoms with Gasteiger partial charge in [-0.05, 0) is 37.0 Å². The van der Waals surface area contributed by atoms with Crippen molar-refractivity contribution in [3.63, 3.8) is 0 Å². The molecular weight excluding hydrogens is 310 g/mol. The lowest BCUT2D eigenvalue weighted by atomic mass is 9.86. The largest absolute Gasteiger partial charge is 0.384 e. The zero-order valence-corrected chi connectivity index (χ0v) is 14.5. The van der Waals surface area contributed by atoms with Gasteiger partial charge in [-0.15, -0.1) is 0 Å². The number of aromatic nitrogens is 3. The molecule has 0 radical (unpaired) electrons. The number of fused-ring (bicyclic) bond motifs is 1. The fourth-order valence-corrected chi connectivity index (χ4v) is 3.96.